The summed E-state index contributed by atoms with van der Waals surface area (Å²) in [5, 5.41) is 2.79. The van der Waals surface area contributed by atoms with Gasteiger partial charge in [-0.2, -0.15) is 0 Å². The lowest BCUT2D eigenvalue weighted by Crippen LogP contribution is -2.31. The van der Waals surface area contributed by atoms with Gasteiger partial charge in [-0.1, -0.05) is 12.1 Å². The maximum absolute atomic E-state index is 12.9. The van der Waals surface area contributed by atoms with Crippen molar-refractivity contribution in [2.75, 3.05) is 18.0 Å². The third-order valence-electron chi connectivity index (χ3n) is 3.93. The summed E-state index contributed by atoms with van der Waals surface area (Å²) in [6.45, 7) is 2.27. The zero-order chi connectivity index (χ0) is 16.1. The highest BCUT2D eigenvalue weighted by atomic mass is 19.1. The number of carbonyl (C=O) groups excluding carboxylic acids is 1. The molecule has 0 unspecified atom stereocenters. The van der Waals surface area contributed by atoms with Crippen molar-refractivity contribution < 1.29 is 9.18 Å². The maximum Gasteiger partial charge on any atom is 0.270 e. The molecule has 0 aliphatic carbocycles. The average Bonchev–Trinajstić information content (AvgIpc) is 2.62. The highest BCUT2D eigenvalue weighted by molar-refractivity contribution is 5.92. The molecule has 1 fully saturated rings. The molecule has 6 heteroatoms. The molecule has 1 aromatic carbocycles. The van der Waals surface area contributed by atoms with Crippen LogP contribution in [0.1, 0.15) is 35.3 Å². The minimum absolute atomic E-state index is 0.255. The van der Waals surface area contributed by atoms with E-state index in [1.807, 2.05) is 0 Å². The van der Waals surface area contributed by atoms with Crippen LogP contribution in [-0.4, -0.2) is 29.0 Å². The molecule has 1 amide bonds. The quantitative estimate of drug-likeness (QED) is 0.942. The Morgan fingerprint density at radius 3 is 2.61 bits per heavy atom. The largest absolute Gasteiger partial charge is 0.357 e. The summed E-state index contributed by atoms with van der Waals surface area (Å²) in [6.07, 6.45) is 4.97. The summed E-state index contributed by atoms with van der Waals surface area (Å²) >= 11 is 0. The third kappa shape index (κ3) is 4.03. The number of aromatic nitrogens is 2. The van der Waals surface area contributed by atoms with Gasteiger partial charge in [0.25, 0.3) is 5.91 Å². The Labute approximate surface area is 134 Å². The van der Waals surface area contributed by atoms with Gasteiger partial charge in [0, 0.05) is 25.7 Å². The van der Waals surface area contributed by atoms with Crippen LogP contribution in [-0.2, 0) is 6.54 Å². The standard InChI is InChI=1S/C17H19FN4O/c18-14-6-4-13(5-7-14)11-19-17(23)15-10-16(21-12-20-15)22-8-2-1-3-9-22/h4-7,10,12H,1-3,8-9,11H2,(H,19,23). The van der Waals surface area contributed by atoms with Crippen LogP contribution in [0.3, 0.4) is 0 Å². The molecule has 0 spiro atoms. The van der Waals surface area contributed by atoms with Gasteiger partial charge in [-0.3, -0.25) is 4.79 Å². The van der Waals surface area contributed by atoms with Gasteiger partial charge >= 0.3 is 0 Å². The molecule has 1 N–H and O–H groups in total. The van der Waals surface area contributed by atoms with E-state index in [4.69, 9.17) is 0 Å². The first-order valence-electron chi connectivity index (χ1n) is 7.82. The van der Waals surface area contributed by atoms with Crippen molar-refractivity contribution >= 4 is 11.7 Å². The Hall–Kier alpha value is -2.50. The van der Waals surface area contributed by atoms with Crippen LogP contribution in [0.4, 0.5) is 10.2 Å². The molecule has 0 bridgehead atoms. The lowest BCUT2D eigenvalue weighted by molar-refractivity contribution is 0.0945. The predicted molar refractivity (Wildman–Crippen MR) is 85.7 cm³/mol. The molecule has 2 aromatic rings. The maximum atomic E-state index is 12.9. The summed E-state index contributed by atoms with van der Waals surface area (Å²) in [6, 6.07) is 7.77. The molecule has 1 aromatic heterocycles. The molecule has 1 saturated heterocycles. The fourth-order valence-corrected chi connectivity index (χ4v) is 2.64. The zero-order valence-electron chi connectivity index (χ0n) is 12.8. The highest BCUT2D eigenvalue weighted by Crippen LogP contribution is 2.17. The minimum atomic E-state index is -0.290. The predicted octanol–water partition coefficient (Wildman–Crippen LogP) is 2.54. The fraction of sp³-hybridized carbons (Fsp3) is 0.353. The first-order valence-corrected chi connectivity index (χ1v) is 7.82. The van der Waals surface area contributed by atoms with Crippen molar-refractivity contribution in [3.05, 3.63) is 53.7 Å². The third-order valence-corrected chi connectivity index (χ3v) is 3.93. The Morgan fingerprint density at radius 2 is 1.87 bits per heavy atom. The van der Waals surface area contributed by atoms with Gasteiger partial charge in [0.1, 0.15) is 23.7 Å². The normalized spacial score (nSPS) is 14.6. The second-order valence-electron chi connectivity index (χ2n) is 5.62. The summed E-state index contributed by atoms with van der Waals surface area (Å²) in [7, 11) is 0. The van der Waals surface area contributed by atoms with E-state index in [0.717, 1.165) is 37.3 Å². The van der Waals surface area contributed by atoms with E-state index < -0.39 is 0 Å². The first kappa shape index (κ1) is 15.4. The lowest BCUT2D eigenvalue weighted by Gasteiger charge is -2.27. The molecule has 3 rings (SSSR count). The summed E-state index contributed by atoms with van der Waals surface area (Å²) in [4.78, 5) is 22.7. The number of anilines is 1. The van der Waals surface area contributed by atoms with Crippen molar-refractivity contribution in [1.29, 1.82) is 0 Å². The van der Waals surface area contributed by atoms with E-state index in [-0.39, 0.29) is 11.7 Å². The molecule has 5 nitrogen and oxygen atoms in total. The van der Waals surface area contributed by atoms with Crippen LogP contribution >= 0.6 is 0 Å². The van der Waals surface area contributed by atoms with Crippen LogP contribution in [0.25, 0.3) is 0 Å². The van der Waals surface area contributed by atoms with Gasteiger partial charge < -0.3 is 10.2 Å². The Bertz CT molecular complexity index is 669. The second kappa shape index (κ2) is 7.17. The van der Waals surface area contributed by atoms with E-state index in [2.05, 4.69) is 20.2 Å². The van der Waals surface area contributed by atoms with E-state index in [9.17, 15) is 9.18 Å². The number of nitrogens with zero attached hydrogens (tertiary/aromatic N) is 3. The Balaban J connectivity index is 1.63. The van der Waals surface area contributed by atoms with Crippen molar-refractivity contribution in [2.24, 2.45) is 0 Å². The molecule has 0 radical (unpaired) electrons. The van der Waals surface area contributed by atoms with Gasteiger partial charge in [-0.25, -0.2) is 14.4 Å². The Kier molecular flexibility index (Phi) is 4.80. The van der Waals surface area contributed by atoms with Gasteiger partial charge in [-0.15, -0.1) is 0 Å². The summed E-state index contributed by atoms with van der Waals surface area (Å²) < 4.78 is 12.9. The van der Waals surface area contributed by atoms with Crippen LogP contribution in [0, 0.1) is 5.82 Å². The van der Waals surface area contributed by atoms with Crippen molar-refractivity contribution in [1.82, 2.24) is 15.3 Å². The molecule has 1 aliphatic rings. The fourth-order valence-electron chi connectivity index (χ4n) is 2.64. The molecular weight excluding hydrogens is 295 g/mol. The van der Waals surface area contributed by atoms with Gasteiger partial charge in [0.15, 0.2) is 0 Å². The molecule has 23 heavy (non-hydrogen) atoms. The molecule has 2 heterocycles. The van der Waals surface area contributed by atoms with Gasteiger partial charge in [-0.05, 0) is 37.0 Å². The molecule has 0 atom stereocenters. The zero-order valence-corrected chi connectivity index (χ0v) is 12.8. The molecular formula is C17H19FN4O. The van der Waals surface area contributed by atoms with E-state index in [1.165, 1.54) is 24.9 Å². The SMILES string of the molecule is O=C(NCc1ccc(F)cc1)c1cc(N2CCCCC2)ncn1. The van der Waals surface area contributed by atoms with Crippen molar-refractivity contribution in [3.8, 4) is 0 Å². The average molecular weight is 314 g/mol. The second-order valence-corrected chi connectivity index (χ2v) is 5.62. The number of amides is 1. The number of benzene rings is 1. The number of hydrogen-bond acceptors (Lipinski definition) is 4. The number of piperidine rings is 1. The molecule has 120 valence electrons. The number of rotatable bonds is 4. The molecule has 1 aliphatic heterocycles. The van der Waals surface area contributed by atoms with Crippen LogP contribution in [0.5, 0.6) is 0 Å². The van der Waals surface area contributed by atoms with Crippen LogP contribution in [0.2, 0.25) is 0 Å². The number of hydrogen-bond donors (Lipinski definition) is 1. The topological polar surface area (TPSA) is 58.1 Å². The van der Waals surface area contributed by atoms with Gasteiger partial charge in [0.05, 0.1) is 0 Å². The van der Waals surface area contributed by atoms with Crippen LogP contribution in [0.15, 0.2) is 36.7 Å². The lowest BCUT2D eigenvalue weighted by atomic mass is 10.1. The van der Waals surface area contributed by atoms with Crippen molar-refractivity contribution in [2.45, 2.75) is 25.8 Å². The highest BCUT2D eigenvalue weighted by Gasteiger charge is 2.15. The van der Waals surface area contributed by atoms with E-state index >= 15 is 0 Å². The smallest absolute Gasteiger partial charge is 0.270 e. The summed E-state index contributed by atoms with van der Waals surface area (Å²) in [5.41, 5.74) is 1.19. The van der Waals surface area contributed by atoms with Crippen LogP contribution < -0.4 is 10.2 Å². The number of nitrogens with one attached hydrogen (secondary N) is 1. The minimum Gasteiger partial charge on any atom is -0.357 e. The van der Waals surface area contributed by atoms with Crippen molar-refractivity contribution in [3.63, 3.8) is 0 Å². The number of halogens is 1. The summed E-state index contributed by atoms with van der Waals surface area (Å²) in [5.74, 6) is 0.253. The van der Waals surface area contributed by atoms with E-state index in [1.54, 1.807) is 18.2 Å². The van der Waals surface area contributed by atoms with Gasteiger partial charge in [0.2, 0.25) is 0 Å². The first-order chi connectivity index (χ1) is 11.2. The number of carbonyl (C=O) groups is 1. The van der Waals surface area contributed by atoms with E-state index in [0.29, 0.717) is 12.2 Å². The monoisotopic (exact) mass is 314 g/mol. The Morgan fingerprint density at radius 1 is 1.13 bits per heavy atom. The molecule has 0 saturated carbocycles.